The van der Waals surface area contributed by atoms with Gasteiger partial charge < -0.3 is 0 Å². The molecule has 0 saturated carbocycles. The molecule has 82 valence electrons. The molecule has 0 N–H and O–H groups in total. The summed E-state index contributed by atoms with van der Waals surface area (Å²) in [6, 6.07) is 19.8. The van der Waals surface area contributed by atoms with Gasteiger partial charge in [0.15, 0.2) is 0 Å². The molecule has 0 aromatic heterocycles. The molecule has 0 radical (unpaired) electrons. The van der Waals surface area contributed by atoms with Gasteiger partial charge in [0, 0.05) is 0 Å². The third-order valence-corrected chi connectivity index (χ3v) is 4.85. The Kier molecular flexibility index (Phi) is 3.69. The zero-order chi connectivity index (χ0) is 11.4. The molecule has 2 aromatic rings. The van der Waals surface area contributed by atoms with Crippen molar-refractivity contribution in [3.63, 3.8) is 0 Å². The minimum atomic E-state index is -0.877. The van der Waals surface area contributed by atoms with Crippen LogP contribution in [0.2, 0.25) is 0 Å². The first-order valence-electron chi connectivity index (χ1n) is 5.32. The van der Waals surface area contributed by atoms with Gasteiger partial charge in [-0.2, -0.15) is 0 Å². The second-order valence-electron chi connectivity index (χ2n) is 3.62. The van der Waals surface area contributed by atoms with Crippen LogP contribution < -0.4 is 10.6 Å². The predicted molar refractivity (Wildman–Crippen MR) is 69.6 cm³/mol. The molecule has 0 saturated heterocycles. The molecule has 0 nitrogen and oxygen atoms in total. The summed E-state index contributed by atoms with van der Waals surface area (Å²) in [4.78, 5) is 0. The van der Waals surface area contributed by atoms with Crippen LogP contribution in [0.4, 0.5) is 4.39 Å². The normalized spacial score (nSPS) is 12.7. The van der Waals surface area contributed by atoms with E-state index in [4.69, 9.17) is 0 Å². The Balaban J connectivity index is 2.40. The smallest absolute Gasteiger partial charge is 0.124 e. The Morgan fingerprint density at radius 1 is 0.812 bits per heavy atom. The van der Waals surface area contributed by atoms with Crippen LogP contribution in [-0.2, 0) is 0 Å². The zero-order valence-electron chi connectivity index (χ0n) is 9.18. The van der Waals surface area contributed by atoms with Crippen molar-refractivity contribution in [2.45, 2.75) is 12.8 Å². The van der Waals surface area contributed by atoms with Crippen LogP contribution in [0, 0.1) is 0 Å². The topological polar surface area (TPSA) is 0 Å². The molecule has 1 unspecified atom stereocenters. The average Bonchev–Trinajstić information content (AvgIpc) is 2.31. The summed E-state index contributed by atoms with van der Waals surface area (Å²) < 4.78 is 13.8. The Bertz CT molecular complexity index is 386. The fourth-order valence-electron chi connectivity index (χ4n) is 1.74. The second-order valence-corrected chi connectivity index (χ2v) is 6.10. The predicted octanol–water partition coefficient (Wildman–Crippen LogP) is 3.43. The minimum absolute atomic E-state index is 0.820. The molecule has 0 heterocycles. The van der Waals surface area contributed by atoms with Crippen molar-refractivity contribution in [1.82, 2.24) is 0 Å². The lowest BCUT2D eigenvalue weighted by Gasteiger charge is -2.19. The Labute approximate surface area is 96.9 Å². The zero-order valence-corrected chi connectivity index (χ0v) is 10.1. The molecule has 0 aliphatic heterocycles. The molecular weight excluding hydrogens is 218 g/mol. The summed E-state index contributed by atoms with van der Waals surface area (Å²) in [5, 5.41) is 2.19. The monoisotopic (exact) mass is 232 g/mol. The Morgan fingerprint density at radius 2 is 1.19 bits per heavy atom. The van der Waals surface area contributed by atoms with Crippen molar-refractivity contribution in [2.24, 2.45) is 0 Å². The summed E-state index contributed by atoms with van der Waals surface area (Å²) in [5.74, 6) is -0.820. The highest BCUT2D eigenvalue weighted by molar-refractivity contribution is 7.73. The van der Waals surface area contributed by atoms with Crippen molar-refractivity contribution >= 4 is 18.5 Å². The molecule has 2 rings (SSSR count). The molecule has 0 aliphatic rings. The molecule has 16 heavy (non-hydrogen) atoms. The maximum Gasteiger partial charge on any atom is 0.124 e. The van der Waals surface area contributed by atoms with E-state index in [1.165, 1.54) is 0 Å². The van der Waals surface area contributed by atoms with Gasteiger partial charge in [-0.25, -0.2) is 4.39 Å². The number of hydrogen-bond donors (Lipinski definition) is 0. The lowest BCUT2D eigenvalue weighted by atomic mass is 10.4. The van der Waals surface area contributed by atoms with E-state index in [2.05, 4.69) is 0 Å². The molecule has 1 atom stereocenters. The highest BCUT2D eigenvalue weighted by Gasteiger charge is 2.19. The fraction of sp³-hybridized carbons (Fsp3) is 0.143. The molecule has 2 aromatic carbocycles. The van der Waals surface area contributed by atoms with Gasteiger partial charge in [0.2, 0.25) is 0 Å². The highest BCUT2D eigenvalue weighted by atomic mass is 31.1. The van der Waals surface area contributed by atoms with E-state index in [9.17, 15) is 4.39 Å². The van der Waals surface area contributed by atoms with Crippen LogP contribution in [0.25, 0.3) is 0 Å². The van der Waals surface area contributed by atoms with Crippen molar-refractivity contribution in [3.05, 3.63) is 60.7 Å². The first-order chi connectivity index (χ1) is 7.79. The van der Waals surface area contributed by atoms with Gasteiger partial charge >= 0.3 is 0 Å². The minimum Gasteiger partial charge on any atom is -0.242 e. The van der Waals surface area contributed by atoms with E-state index in [1.54, 1.807) is 6.92 Å². The lowest BCUT2D eigenvalue weighted by molar-refractivity contribution is 0.478. The van der Waals surface area contributed by atoms with E-state index in [0.717, 1.165) is 10.6 Å². The van der Waals surface area contributed by atoms with Crippen molar-refractivity contribution < 1.29 is 4.39 Å². The van der Waals surface area contributed by atoms with Crippen LogP contribution in [0.15, 0.2) is 60.7 Å². The van der Waals surface area contributed by atoms with Gasteiger partial charge in [-0.3, -0.25) is 0 Å². The quantitative estimate of drug-likeness (QED) is 0.711. The summed E-state index contributed by atoms with van der Waals surface area (Å²) in [6.07, 6.45) is 0. The lowest BCUT2D eigenvalue weighted by Crippen LogP contribution is -2.16. The summed E-state index contributed by atoms with van der Waals surface area (Å²) in [7, 11) is -0.877. The van der Waals surface area contributed by atoms with Crippen LogP contribution in [-0.4, -0.2) is 5.91 Å². The molecule has 0 amide bonds. The van der Waals surface area contributed by atoms with Gasteiger partial charge in [-0.15, -0.1) is 0 Å². The van der Waals surface area contributed by atoms with Gasteiger partial charge in [0.1, 0.15) is 5.91 Å². The first kappa shape index (κ1) is 11.3. The molecule has 0 bridgehead atoms. The number of alkyl halides is 1. The van der Waals surface area contributed by atoms with E-state index >= 15 is 0 Å². The number of hydrogen-bond acceptors (Lipinski definition) is 0. The van der Waals surface area contributed by atoms with E-state index in [0.29, 0.717) is 0 Å². The molecule has 2 heteroatoms. The summed E-state index contributed by atoms with van der Waals surface area (Å²) in [5.41, 5.74) is 0. The Hall–Kier alpha value is -1.20. The molecule has 0 fully saturated rings. The van der Waals surface area contributed by atoms with Crippen LogP contribution >= 0.6 is 7.92 Å². The fourth-order valence-corrected chi connectivity index (χ4v) is 3.84. The van der Waals surface area contributed by atoms with E-state index in [-0.39, 0.29) is 0 Å². The molecule has 0 spiro atoms. The SMILES string of the molecule is CC(F)P(c1ccccc1)c1ccccc1. The van der Waals surface area contributed by atoms with Crippen molar-refractivity contribution in [1.29, 1.82) is 0 Å². The number of halogens is 1. The standard InChI is InChI=1S/C14H14FP/c1-12(15)16(13-8-4-2-5-9-13)14-10-6-3-7-11-14/h2-12H,1H3. The van der Waals surface area contributed by atoms with Crippen LogP contribution in [0.5, 0.6) is 0 Å². The van der Waals surface area contributed by atoms with Crippen LogP contribution in [0.1, 0.15) is 6.92 Å². The van der Waals surface area contributed by atoms with Gasteiger partial charge in [-0.05, 0) is 25.5 Å². The maximum atomic E-state index is 13.8. The van der Waals surface area contributed by atoms with Gasteiger partial charge in [0.05, 0.1) is 0 Å². The number of benzene rings is 2. The van der Waals surface area contributed by atoms with E-state index < -0.39 is 13.8 Å². The molecule has 0 aliphatic carbocycles. The second kappa shape index (κ2) is 5.23. The number of rotatable bonds is 3. The van der Waals surface area contributed by atoms with E-state index in [1.807, 2.05) is 60.7 Å². The Morgan fingerprint density at radius 3 is 1.50 bits per heavy atom. The molecular formula is C14H14FP. The third-order valence-electron chi connectivity index (χ3n) is 2.42. The van der Waals surface area contributed by atoms with Crippen molar-refractivity contribution in [2.75, 3.05) is 0 Å². The van der Waals surface area contributed by atoms with Crippen LogP contribution in [0.3, 0.4) is 0 Å². The largest absolute Gasteiger partial charge is 0.242 e. The van der Waals surface area contributed by atoms with Gasteiger partial charge in [-0.1, -0.05) is 60.7 Å². The first-order valence-corrected chi connectivity index (χ1v) is 6.73. The van der Waals surface area contributed by atoms with Crippen molar-refractivity contribution in [3.8, 4) is 0 Å². The van der Waals surface area contributed by atoms with Gasteiger partial charge in [0.25, 0.3) is 0 Å². The summed E-state index contributed by atoms with van der Waals surface area (Å²) in [6.45, 7) is 1.64. The maximum absolute atomic E-state index is 13.8. The third kappa shape index (κ3) is 2.48. The average molecular weight is 232 g/mol. The summed E-state index contributed by atoms with van der Waals surface area (Å²) >= 11 is 0. The highest BCUT2D eigenvalue weighted by Crippen LogP contribution is 2.39.